The van der Waals surface area contributed by atoms with Crippen molar-refractivity contribution in [3.63, 3.8) is 0 Å². The summed E-state index contributed by atoms with van der Waals surface area (Å²) in [5.41, 5.74) is 2.00. The first-order valence-corrected chi connectivity index (χ1v) is 11.1. The van der Waals surface area contributed by atoms with Crippen molar-refractivity contribution in [2.45, 2.75) is 19.9 Å². The molecule has 1 amide bonds. The quantitative estimate of drug-likeness (QED) is 0.336. The van der Waals surface area contributed by atoms with Crippen molar-refractivity contribution in [3.8, 4) is 0 Å². The minimum absolute atomic E-state index is 0.0466. The summed E-state index contributed by atoms with van der Waals surface area (Å²) < 4.78 is 6.71. The van der Waals surface area contributed by atoms with E-state index in [1.165, 1.54) is 11.3 Å². The molecule has 8 heteroatoms. The van der Waals surface area contributed by atoms with Gasteiger partial charge in [-0.15, -0.1) is 11.3 Å². The maximum atomic E-state index is 13.5. The number of aryl methyl sites for hydroxylation is 2. The topological polar surface area (TPSA) is 63.4 Å². The number of aromatic nitrogens is 1. The lowest BCUT2D eigenvalue weighted by Gasteiger charge is -2.22. The smallest absolute Gasteiger partial charge is 0.297 e. The van der Waals surface area contributed by atoms with E-state index in [9.17, 15) is 9.59 Å². The van der Waals surface area contributed by atoms with Crippen molar-refractivity contribution in [1.29, 1.82) is 0 Å². The van der Waals surface area contributed by atoms with Gasteiger partial charge in [-0.2, -0.15) is 0 Å². The third-order valence-electron chi connectivity index (χ3n) is 5.22. The van der Waals surface area contributed by atoms with Crippen LogP contribution >= 0.6 is 38.9 Å². The van der Waals surface area contributed by atoms with E-state index >= 15 is 0 Å². The lowest BCUT2D eigenvalue weighted by molar-refractivity contribution is 0.0971. The van der Waals surface area contributed by atoms with Crippen molar-refractivity contribution in [2.24, 2.45) is 0 Å². The first kappa shape index (κ1) is 19.5. The third kappa shape index (κ3) is 2.92. The maximum absolute atomic E-state index is 13.5. The fourth-order valence-electron chi connectivity index (χ4n) is 3.69. The highest BCUT2D eigenvalue weighted by Crippen LogP contribution is 2.43. The largest absolute Gasteiger partial charge is 0.450 e. The summed E-state index contributed by atoms with van der Waals surface area (Å²) in [5.74, 6) is -0.337. The number of thiazole rings is 1. The molecule has 0 N–H and O–H groups in total. The van der Waals surface area contributed by atoms with Gasteiger partial charge < -0.3 is 4.42 Å². The van der Waals surface area contributed by atoms with Crippen LogP contribution in [-0.4, -0.2) is 10.9 Å². The van der Waals surface area contributed by atoms with Crippen LogP contribution < -0.4 is 10.3 Å². The average molecular weight is 502 g/mol. The Hall–Kier alpha value is -2.48. The summed E-state index contributed by atoms with van der Waals surface area (Å²) in [6.45, 7) is 3.85. The minimum Gasteiger partial charge on any atom is -0.450 e. The number of anilines is 1. The van der Waals surface area contributed by atoms with E-state index in [1.807, 2.05) is 19.9 Å². The van der Waals surface area contributed by atoms with Crippen LogP contribution in [0, 0.1) is 13.8 Å². The molecule has 0 radical (unpaired) electrons. The van der Waals surface area contributed by atoms with Crippen molar-refractivity contribution >= 4 is 60.9 Å². The van der Waals surface area contributed by atoms with Crippen LogP contribution in [-0.2, 0) is 0 Å². The number of fused-ring (bicyclic) bond motifs is 2. The number of benzene rings is 2. The second-order valence-corrected chi connectivity index (χ2v) is 9.62. The van der Waals surface area contributed by atoms with Gasteiger partial charge in [-0.3, -0.25) is 14.5 Å². The first-order chi connectivity index (χ1) is 14.3. The summed E-state index contributed by atoms with van der Waals surface area (Å²) in [6, 6.07) is 11.7. The van der Waals surface area contributed by atoms with Crippen LogP contribution in [0.3, 0.4) is 0 Å². The van der Waals surface area contributed by atoms with E-state index in [1.54, 1.807) is 41.3 Å². The Morgan fingerprint density at radius 3 is 2.67 bits per heavy atom. The van der Waals surface area contributed by atoms with Crippen LogP contribution in [0.25, 0.3) is 11.0 Å². The molecule has 5 rings (SSSR count). The van der Waals surface area contributed by atoms with Crippen LogP contribution in [0.15, 0.2) is 56.1 Å². The number of rotatable bonds is 2. The molecule has 1 atom stereocenters. The predicted octanol–water partition coefficient (Wildman–Crippen LogP) is 6.03. The molecule has 4 aromatic rings. The summed E-state index contributed by atoms with van der Waals surface area (Å²) >= 11 is 11.1. The molecule has 2 aromatic heterocycles. The van der Waals surface area contributed by atoms with Crippen molar-refractivity contribution in [1.82, 2.24) is 4.98 Å². The molecule has 150 valence electrons. The molecule has 1 aliphatic rings. The van der Waals surface area contributed by atoms with Gasteiger partial charge in [-0.05, 0) is 49.7 Å². The molecule has 3 heterocycles. The Kier molecular flexibility index (Phi) is 4.57. The van der Waals surface area contributed by atoms with E-state index in [0.717, 1.165) is 20.6 Å². The van der Waals surface area contributed by atoms with Gasteiger partial charge in [0.25, 0.3) is 5.91 Å². The van der Waals surface area contributed by atoms with E-state index in [0.29, 0.717) is 26.7 Å². The Labute approximate surface area is 189 Å². The molecule has 1 aliphatic heterocycles. The monoisotopic (exact) mass is 500 g/mol. The Bertz CT molecular complexity index is 1390. The van der Waals surface area contributed by atoms with Gasteiger partial charge in [0.1, 0.15) is 5.58 Å². The van der Waals surface area contributed by atoms with E-state index in [2.05, 4.69) is 20.9 Å². The highest BCUT2D eigenvalue weighted by molar-refractivity contribution is 9.10. The van der Waals surface area contributed by atoms with Gasteiger partial charge in [-0.1, -0.05) is 39.7 Å². The van der Waals surface area contributed by atoms with Crippen molar-refractivity contribution < 1.29 is 9.21 Å². The van der Waals surface area contributed by atoms with Gasteiger partial charge in [0, 0.05) is 14.4 Å². The molecule has 0 fully saturated rings. The molecule has 0 saturated carbocycles. The van der Waals surface area contributed by atoms with Gasteiger partial charge in [-0.25, -0.2) is 4.98 Å². The molecule has 30 heavy (non-hydrogen) atoms. The number of carbonyl (C=O) groups excluding carboxylic acids is 1. The number of hydrogen-bond acceptors (Lipinski definition) is 5. The van der Waals surface area contributed by atoms with Gasteiger partial charge in [0.2, 0.25) is 5.76 Å². The molecule has 0 unspecified atom stereocenters. The lowest BCUT2D eigenvalue weighted by atomic mass is 9.99. The normalized spacial score (nSPS) is 15.8. The van der Waals surface area contributed by atoms with Crippen molar-refractivity contribution in [3.05, 3.63) is 89.6 Å². The summed E-state index contributed by atoms with van der Waals surface area (Å²) in [6.07, 6.45) is 0. The zero-order valence-corrected chi connectivity index (χ0v) is 19.1. The molecule has 0 bridgehead atoms. The van der Waals surface area contributed by atoms with Crippen molar-refractivity contribution in [2.75, 3.05) is 4.90 Å². The average Bonchev–Trinajstić information content (AvgIpc) is 3.19. The molecular formula is C22H14BrClN2O3S. The third-order valence-corrected chi connectivity index (χ3v) is 7.02. The standard InChI is InChI=1S/C22H14BrClN2O3S/c1-10-11(2)30-22(25-10)26-18(12-4-3-5-14(24)8-12)17-19(27)15-9-13(23)6-7-16(15)29-20(17)21(26)28/h3-9,18H,1-2H3/t18-/m1/s1. The molecule has 0 spiro atoms. The fraction of sp³-hybridized carbons (Fsp3) is 0.136. The fourth-order valence-corrected chi connectivity index (χ4v) is 5.19. The van der Waals surface area contributed by atoms with Gasteiger partial charge >= 0.3 is 0 Å². The minimum atomic E-state index is -0.671. The van der Waals surface area contributed by atoms with Crippen LogP contribution in [0.2, 0.25) is 5.02 Å². The van der Waals surface area contributed by atoms with E-state index in [4.69, 9.17) is 16.0 Å². The highest BCUT2D eigenvalue weighted by Gasteiger charge is 2.45. The SMILES string of the molecule is Cc1nc(N2C(=O)c3oc4ccc(Br)cc4c(=O)c3[C@H]2c2cccc(Cl)c2)sc1C. The first-order valence-electron chi connectivity index (χ1n) is 9.14. The number of amides is 1. The Balaban J connectivity index is 1.84. The maximum Gasteiger partial charge on any atom is 0.297 e. The molecular weight excluding hydrogens is 488 g/mol. The number of halogens is 2. The number of carbonyl (C=O) groups is 1. The molecule has 2 aromatic carbocycles. The number of nitrogens with zero attached hydrogens (tertiary/aromatic N) is 2. The Morgan fingerprint density at radius 2 is 1.97 bits per heavy atom. The Morgan fingerprint density at radius 1 is 1.17 bits per heavy atom. The summed E-state index contributed by atoms with van der Waals surface area (Å²) in [4.78, 5) is 34.1. The van der Waals surface area contributed by atoms with Crippen LogP contribution in [0.4, 0.5) is 5.13 Å². The van der Waals surface area contributed by atoms with E-state index < -0.39 is 6.04 Å². The second kappa shape index (κ2) is 7.04. The van der Waals surface area contributed by atoms with E-state index in [-0.39, 0.29) is 17.1 Å². The summed E-state index contributed by atoms with van der Waals surface area (Å²) in [5, 5.41) is 1.46. The van der Waals surface area contributed by atoms with Gasteiger partial charge in [0.05, 0.1) is 22.7 Å². The molecule has 5 nitrogen and oxygen atoms in total. The predicted molar refractivity (Wildman–Crippen MR) is 122 cm³/mol. The zero-order chi connectivity index (χ0) is 21.2. The lowest BCUT2D eigenvalue weighted by Crippen LogP contribution is -2.29. The number of hydrogen-bond donors (Lipinski definition) is 0. The molecule has 0 saturated heterocycles. The molecule has 0 aliphatic carbocycles. The van der Waals surface area contributed by atoms with Gasteiger partial charge in [0.15, 0.2) is 10.6 Å². The van der Waals surface area contributed by atoms with Crippen LogP contribution in [0.1, 0.15) is 38.3 Å². The zero-order valence-electron chi connectivity index (χ0n) is 15.9. The summed E-state index contributed by atoms with van der Waals surface area (Å²) in [7, 11) is 0. The van der Waals surface area contributed by atoms with Crippen LogP contribution in [0.5, 0.6) is 0 Å². The second-order valence-electron chi connectivity index (χ2n) is 7.09. The highest BCUT2D eigenvalue weighted by atomic mass is 79.9.